The molecule has 2 rings (SSSR count). The second kappa shape index (κ2) is 5.63. The van der Waals surface area contributed by atoms with E-state index in [1.807, 2.05) is 13.1 Å². The molecule has 108 valence electrons. The summed E-state index contributed by atoms with van der Waals surface area (Å²) in [6.45, 7) is 4.11. The first-order chi connectivity index (χ1) is 9.43. The second-order valence-corrected chi connectivity index (χ2v) is 5.30. The maximum atomic E-state index is 6.19. The van der Waals surface area contributed by atoms with Crippen LogP contribution in [-0.4, -0.2) is 16.9 Å². The number of benzene rings is 1. The van der Waals surface area contributed by atoms with E-state index in [1.165, 1.54) is 0 Å². The van der Waals surface area contributed by atoms with Gasteiger partial charge in [0.1, 0.15) is 5.75 Å². The molecule has 0 fully saturated rings. The van der Waals surface area contributed by atoms with Gasteiger partial charge < -0.3 is 15.8 Å². The Morgan fingerprint density at radius 3 is 2.65 bits per heavy atom. The van der Waals surface area contributed by atoms with E-state index in [0.717, 1.165) is 22.9 Å². The molecule has 1 heterocycles. The van der Waals surface area contributed by atoms with Gasteiger partial charge in [0.05, 0.1) is 29.2 Å². The molecule has 1 aromatic carbocycles. The smallest absolute Gasteiger partial charge is 0.152 e. The predicted octanol–water partition coefficient (Wildman–Crippen LogP) is 3.53. The zero-order valence-corrected chi connectivity index (χ0v) is 12.8. The van der Waals surface area contributed by atoms with Gasteiger partial charge in [-0.1, -0.05) is 25.4 Å². The molecule has 0 saturated heterocycles. The van der Waals surface area contributed by atoms with Crippen LogP contribution in [0, 0.1) is 0 Å². The summed E-state index contributed by atoms with van der Waals surface area (Å²) in [7, 11) is 3.46. The first kappa shape index (κ1) is 14.5. The highest BCUT2D eigenvalue weighted by Crippen LogP contribution is 2.34. The van der Waals surface area contributed by atoms with Crippen LogP contribution in [0.3, 0.4) is 0 Å². The van der Waals surface area contributed by atoms with E-state index < -0.39 is 0 Å². The minimum atomic E-state index is 0.262. The lowest BCUT2D eigenvalue weighted by Crippen LogP contribution is -2.02. The Morgan fingerprint density at radius 2 is 2.10 bits per heavy atom. The minimum Gasteiger partial charge on any atom is -0.497 e. The van der Waals surface area contributed by atoms with Crippen LogP contribution >= 0.6 is 11.6 Å². The molecule has 0 aliphatic carbocycles. The number of hydrogen-bond donors (Lipinski definition) is 2. The quantitative estimate of drug-likeness (QED) is 0.905. The minimum absolute atomic E-state index is 0.262. The fourth-order valence-electron chi connectivity index (χ4n) is 1.99. The number of rotatable bonds is 4. The molecule has 3 N–H and O–H groups in total. The molecule has 0 radical (unpaired) electrons. The molecule has 0 saturated carbocycles. The molecule has 0 aliphatic heterocycles. The van der Waals surface area contributed by atoms with Crippen molar-refractivity contribution in [2.24, 2.45) is 7.05 Å². The maximum absolute atomic E-state index is 6.19. The summed E-state index contributed by atoms with van der Waals surface area (Å²) >= 11 is 6.19. The fraction of sp³-hybridized carbons (Fsp3) is 0.357. The highest BCUT2D eigenvalue weighted by Gasteiger charge is 2.16. The average Bonchev–Trinajstić information content (AvgIpc) is 2.69. The molecule has 2 aromatic rings. The van der Waals surface area contributed by atoms with Crippen LogP contribution in [0.2, 0.25) is 5.02 Å². The topological polar surface area (TPSA) is 65.1 Å². The Bertz CT molecular complexity index is 622. The summed E-state index contributed by atoms with van der Waals surface area (Å²) in [5.41, 5.74) is 8.40. The van der Waals surface area contributed by atoms with Crippen LogP contribution in [0.5, 0.6) is 5.75 Å². The number of nitrogen functional groups attached to an aromatic ring is 1. The zero-order valence-electron chi connectivity index (χ0n) is 12.1. The third-order valence-electron chi connectivity index (χ3n) is 3.09. The molecule has 0 spiro atoms. The standard InChI is InChI=1S/C14H19ClN4O/c1-8(2)13-12(16)14(19(3)18-13)17-11-7-9(20-4)5-6-10(11)15/h5-8,17H,16H2,1-4H3. The third-order valence-corrected chi connectivity index (χ3v) is 3.42. The van der Waals surface area contributed by atoms with E-state index >= 15 is 0 Å². The van der Waals surface area contributed by atoms with Crippen molar-refractivity contribution in [1.82, 2.24) is 9.78 Å². The number of anilines is 3. The molecule has 0 atom stereocenters. The highest BCUT2D eigenvalue weighted by atomic mass is 35.5. The van der Waals surface area contributed by atoms with Gasteiger partial charge in [-0.05, 0) is 18.1 Å². The van der Waals surface area contributed by atoms with Gasteiger partial charge in [0.15, 0.2) is 5.82 Å². The average molecular weight is 295 g/mol. The SMILES string of the molecule is COc1ccc(Cl)c(Nc2c(N)c(C(C)C)nn2C)c1. The van der Waals surface area contributed by atoms with Crippen molar-refractivity contribution in [1.29, 1.82) is 0 Å². The molecule has 6 heteroatoms. The number of nitrogens with two attached hydrogens (primary N) is 1. The van der Waals surface area contributed by atoms with Gasteiger partial charge in [-0.3, -0.25) is 4.68 Å². The monoisotopic (exact) mass is 294 g/mol. The summed E-state index contributed by atoms with van der Waals surface area (Å²) in [6.07, 6.45) is 0. The number of ether oxygens (including phenoxy) is 1. The largest absolute Gasteiger partial charge is 0.497 e. The molecule has 0 bridgehead atoms. The molecular weight excluding hydrogens is 276 g/mol. The summed E-state index contributed by atoms with van der Waals surface area (Å²) in [5.74, 6) is 1.71. The van der Waals surface area contributed by atoms with Crippen molar-refractivity contribution >= 4 is 28.8 Å². The summed E-state index contributed by atoms with van der Waals surface area (Å²) in [4.78, 5) is 0. The molecule has 20 heavy (non-hydrogen) atoms. The predicted molar refractivity (Wildman–Crippen MR) is 83.0 cm³/mol. The van der Waals surface area contributed by atoms with Crippen LogP contribution in [0.25, 0.3) is 0 Å². The maximum Gasteiger partial charge on any atom is 0.152 e. The Hall–Kier alpha value is -1.88. The van der Waals surface area contributed by atoms with Crippen LogP contribution < -0.4 is 15.8 Å². The van der Waals surface area contributed by atoms with Crippen molar-refractivity contribution in [3.8, 4) is 5.75 Å². The Labute approximate surface area is 123 Å². The highest BCUT2D eigenvalue weighted by molar-refractivity contribution is 6.33. The van der Waals surface area contributed by atoms with Gasteiger partial charge in [0.2, 0.25) is 0 Å². The lowest BCUT2D eigenvalue weighted by Gasteiger charge is -2.11. The van der Waals surface area contributed by atoms with Crippen molar-refractivity contribution in [2.75, 3.05) is 18.2 Å². The van der Waals surface area contributed by atoms with Gasteiger partial charge >= 0.3 is 0 Å². The van der Waals surface area contributed by atoms with Gasteiger partial charge in [0.25, 0.3) is 0 Å². The fourth-order valence-corrected chi connectivity index (χ4v) is 2.16. The molecule has 0 amide bonds. The summed E-state index contributed by atoms with van der Waals surface area (Å²) in [5, 5.41) is 8.25. The number of methoxy groups -OCH3 is 1. The van der Waals surface area contributed by atoms with E-state index in [2.05, 4.69) is 24.3 Å². The number of aromatic nitrogens is 2. The van der Waals surface area contributed by atoms with E-state index in [4.69, 9.17) is 22.1 Å². The van der Waals surface area contributed by atoms with Crippen LogP contribution in [0.1, 0.15) is 25.5 Å². The van der Waals surface area contributed by atoms with Crippen molar-refractivity contribution in [3.63, 3.8) is 0 Å². The zero-order chi connectivity index (χ0) is 14.9. The molecule has 5 nitrogen and oxygen atoms in total. The van der Waals surface area contributed by atoms with Gasteiger partial charge in [-0.25, -0.2) is 0 Å². The van der Waals surface area contributed by atoms with Crippen molar-refractivity contribution in [3.05, 3.63) is 28.9 Å². The van der Waals surface area contributed by atoms with Crippen LogP contribution in [0.15, 0.2) is 18.2 Å². The van der Waals surface area contributed by atoms with E-state index in [9.17, 15) is 0 Å². The van der Waals surface area contributed by atoms with E-state index in [1.54, 1.807) is 23.9 Å². The van der Waals surface area contributed by atoms with E-state index in [0.29, 0.717) is 10.7 Å². The third kappa shape index (κ3) is 2.67. The number of nitrogens with zero attached hydrogens (tertiary/aromatic N) is 2. The molecule has 0 aliphatic rings. The van der Waals surface area contributed by atoms with Crippen LogP contribution in [-0.2, 0) is 7.05 Å². The summed E-state index contributed by atoms with van der Waals surface area (Å²) in [6, 6.07) is 5.40. The summed E-state index contributed by atoms with van der Waals surface area (Å²) < 4.78 is 6.92. The second-order valence-electron chi connectivity index (χ2n) is 4.90. The number of hydrogen-bond acceptors (Lipinski definition) is 4. The number of aryl methyl sites for hydroxylation is 1. The van der Waals surface area contributed by atoms with Gasteiger partial charge in [-0.2, -0.15) is 5.10 Å². The van der Waals surface area contributed by atoms with Crippen molar-refractivity contribution in [2.45, 2.75) is 19.8 Å². The van der Waals surface area contributed by atoms with Gasteiger partial charge in [0, 0.05) is 13.1 Å². The van der Waals surface area contributed by atoms with Crippen molar-refractivity contribution < 1.29 is 4.74 Å². The van der Waals surface area contributed by atoms with E-state index in [-0.39, 0.29) is 5.92 Å². The Balaban J connectivity index is 2.40. The van der Waals surface area contributed by atoms with Gasteiger partial charge in [-0.15, -0.1) is 0 Å². The Morgan fingerprint density at radius 1 is 1.40 bits per heavy atom. The lowest BCUT2D eigenvalue weighted by molar-refractivity contribution is 0.415. The Kier molecular flexibility index (Phi) is 4.09. The van der Waals surface area contributed by atoms with Crippen LogP contribution in [0.4, 0.5) is 17.2 Å². The normalized spacial score (nSPS) is 10.9. The molecular formula is C14H19ClN4O. The lowest BCUT2D eigenvalue weighted by atomic mass is 10.1. The number of halogens is 1. The number of nitrogens with one attached hydrogen (secondary N) is 1. The first-order valence-corrected chi connectivity index (χ1v) is 6.74. The molecule has 0 unspecified atom stereocenters. The molecule has 1 aromatic heterocycles. The first-order valence-electron chi connectivity index (χ1n) is 6.37.